The van der Waals surface area contributed by atoms with Crippen molar-refractivity contribution < 1.29 is 19.4 Å². The Morgan fingerprint density at radius 2 is 1.82 bits per heavy atom. The van der Waals surface area contributed by atoms with Crippen LogP contribution in [0, 0.1) is 47.3 Å². The Kier molecular flexibility index (Phi) is 6.19. The van der Waals surface area contributed by atoms with Crippen molar-refractivity contribution in [3.05, 3.63) is 17.7 Å². The van der Waals surface area contributed by atoms with Crippen molar-refractivity contribution in [3.63, 3.8) is 0 Å². The van der Waals surface area contributed by atoms with E-state index in [-0.39, 0.29) is 29.8 Å². The van der Waals surface area contributed by atoms with E-state index in [1.54, 1.807) is 24.7 Å². The Bertz CT molecular complexity index is 956. The van der Waals surface area contributed by atoms with E-state index >= 15 is 0 Å². The van der Waals surface area contributed by atoms with Crippen LogP contribution in [0.15, 0.2) is 6.33 Å². The topological polar surface area (TPSA) is 81.4 Å². The summed E-state index contributed by atoms with van der Waals surface area (Å²) >= 11 is 0. The van der Waals surface area contributed by atoms with Gasteiger partial charge in [0, 0.05) is 5.92 Å². The number of hydrogen-bond acceptors (Lipinski definition) is 5. The number of aliphatic hydroxyl groups is 1. The van der Waals surface area contributed by atoms with Crippen molar-refractivity contribution in [2.45, 2.75) is 98.1 Å². The van der Waals surface area contributed by atoms with Gasteiger partial charge in [-0.15, -0.1) is 0 Å². The van der Waals surface area contributed by atoms with Crippen LogP contribution in [-0.4, -0.2) is 39.1 Å². The Morgan fingerprint density at radius 1 is 1.09 bits per heavy atom. The molecule has 5 rings (SSSR count). The van der Waals surface area contributed by atoms with Crippen LogP contribution in [0.4, 0.5) is 0 Å². The summed E-state index contributed by atoms with van der Waals surface area (Å²) in [5.41, 5.74) is 1.43. The van der Waals surface area contributed by atoms with Gasteiger partial charge >= 0.3 is 5.97 Å². The molecule has 1 N–H and O–H groups in total. The van der Waals surface area contributed by atoms with Gasteiger partial charge in [0.1, 0.15) is 0 Å². The number of imidazole rings is 1. The molecular weight excluding hydrogens is 428 g/mol. The van der Waals surface area contributed by atoms with E-state index in [0.29, 0.717) is 41.2 Å². The quantitative estimate of drug-likeness (QED) is 0.615. The molecule has 0 aromatic carbocycles. The molecule has 4 aliphatic rings. The number of ketones is 1. The first kappa shape index (κ1) is 24.0. The molecule has 188 valence electrons. The summed E-state index contributed by atoms with van der Waals surface area (Å²) < 4.78 is 6.92. The summed E-state index contributed by atoms with van der Waals surface area (Å²) in [7, 11) is 0. The van der Waals surface area contributed by atoms with Gasteiger partial charge in [-0.3, -0.25) is 4.79 Å². The third kappa shape index (κ3) is 3.66. The Hall–Kier alpha value is -1.69. The minimum atomic E-state index is -0.399. The summed E-state index contributed by atoms with van der Waals surface area (Å²) in [6, 6.07) is 0. The minimum absolute atomic E-state index is 0.0508. The van der Waals surface area contributed by atoms with Crippen LogP contribution in [-0.2, 0) is 16.1 Å². The molecule has 0 spiro atoms. The fourth-order valence-electron chi connectivity index (χ4n) is 9.11. The molecule has 0 amide bonds. The average molecular weight is 471 g/mol. The lowest BCUT2D eigenvalue weighted by molar-refractivity contribution is -0.140. The molecule has 0 bridgehead atoms. The van der Waals surface area contributed by atoms with Crippen LogP contribution in [0.25, 0.3) is 0 Å². The standard InChI is InChI=1S/C28H42N2O4/c1-5-34-26(33)25-17(2)29-16-30(25)15-24(32)23-9-8-21-20-7-6-18-14-19(31)10-12-27(18,3)22(20)11-13-28(21,23)4/h16,18-23,31H,5-15H2,1-4H3/t18-,19-,20+,21+,22+,23-,27+,28+/m1/s1. The molecule has 0 saturated heterocycles. The van der Waals surface area contributed by atoms with Gasteiger partial charge in [-0.1, -0.05) is 13.8 Å². The monoisotopic (exact) mass is 470 g/mol. The minimum Gasteiger partial charge on any atom is -0.461 e. The number of carbonyl (C=O) groups excluding carboxylic acids is 2. The van der Waals surface area contributed by atoms with Crippen molar-refractivity contribution in [1.82, 2.24) is 9.55 Å². The normalized spacial score (nSPS) is 41.3. The van der Waals surface area contributed by atoms with Crippen LogP contribution in [0.5, 0.6) is 0 Å². The van der Waals surface area contributed by atoms with Gasteiger partial charge in [0.25, 0.3) is 0 Å². The fourth-order valence-corrected chi connectivity index (χ4v) is 9.11. The van der Waals surface area contributed by atoms with Gasteiger partial charge in [0.05, 0.1) is 31.3 Å². The van der Waals surface area contributed by atoms with Gasteiger partial charge in [-0.2, -0.15) is 0 Å². The fraction of sp³-hybridized carbons (Fsp3) is 0.821. The van der Waals surface area contributed by atoms with Gasteiger partial charge < -0.3 is 14.4 Å². The zero-order valence-electron chi connectivity index (χ0n) is 21.4. The van der Waals surface area contributed by atoms with E-state index in [1.807, 2.05) is 0 Å². The molecule has 8 atom stereocenters. The Balaban J connectivity index is 1.33. The van der Waals surface area contributed by atoms with Crippen molar-refractivity contribution in [3.8, 4) is 0 Å². The van der Waals surface area contributed by atoms with Gasteiger partial charge in [-0.05, 0) is 106 Å². The third-order valence-electron chi connectivity index (χ3n) is 10.8. The molecule has 1 aromatic rings. The van der Waals surface area contributed by atoms with E-state index in [2.05, 4.69) is 18.8 Å². The number of nitrogens with zero attached hydrogens (tertiary/aromatic N) is 2. The second kappa shape index (κ2) is 8.76. The largest absolute Gasteiger partial charge is 0.461 e. The summed E-state index contributed by atoms with van der Waals surface area (Å²) in [6.45, 7) is 8.99. The Morgan fingerprint density at radius 3 is 2.59 bits per heavy atom. The zero-order valence-corrected chi connectivity index (χ0v) is 21.4. The predicted molar refractivity (Wildman–Crippen MR) is 129 cm³/mol. The zero-order chi connectivity index (χ0) is 24.3. The molecule has 6 nitrogen and oxygen atoms in total. The number of aromatic nitrogens is 2. The number of aliphatic hydroxyl groups excluding tert-OH is 1. The van der Waals surface area contributed by atoms with Crippen LogP contribution >= 0.6 is 0 Å². The van der Waals surface area contributed by atoms with Gasteiger partial charge in [0.2, 0.25) is 0 Å². The van der Waals surface area contributed by atoms with E-state index in [9.17, 15) is 14.7 Å². The first-order valence-corrected chi connectivity index (χ1v) is 13.6. The van der Waals surface area contributed by atoms with E-state index in [1.165, 1.54) is 19.3 Å². The number of aryl methyl sites for hydroxylation is 1. The van der Waals surface area contributed by atoms with Gasteiger partial charge in [0.15, 0.2) is 11.5 Å². The summed E-state index contributed by atoms with van der Waals surface area (Å²) in [5, 5.41) is 10.3. The summed E-state index contributed by atoms with van der Waals surface area (Å²) in [5.74, 6) is 2.60. The number of ether oxygens (including phenoxy) is 1. The number of Topliss-reactive ketones (excluding diaryl/α,β-unsaturated/α-hetero) is 1. The average Bonchev–Trinajstić information content (AvgIpc) is 3.33. The molecule has 4 aliphatic carbocycles. The highest BCUT2D eigenvalue weighted by Crippen LogP contribution is 2.67. The molecule has 34 heavy (non-hydrogen) atoms. The maximum Gasteiger partial charge on any atom is 0.356 e. The van der Waals surface area contributed by atoms with Crippen molar-refractivity contribution >= 4 is 11.8 Å². The van der Waals surface area contributed by atoms with Crippen molar-refractivity contribution in [1.29, 1.82) is 0 Å². The molecule has 6 heteroatoms. The molecule has 0 unspecified atom stereocenters. The summed E-state index contributed by atoms with van der Waals surface area (Å²) in [4.78, 5) is 30.4. The van der Waals surface area contributed by atoms with E-state index in [4.69, 9.17) is 4.74 Å². The molecule has 4 saturated carbocycles. The van der Waals surface area contributed by atoms with E-state index in [0.717, 1.165) is 44.4 Å². The lowest BCUT2D eigenvalue weighted by Crippen LogP contribution is -2.54. The van der Waals surface area contributed by atoms with Crippen LogP contribution in [0.2, 0.25) is 0 Å². The highest BCUT2D eigenvalue weighted by molar-refractivity contribution is 5.90. The number of fused-ring (bicyclic) bond motifs is 5. The third-order valence-corrected chi connectivity index (χ3v) is 10.8. The first-order chi connectivity index (χ1) is 16.2. The van der Waals surface area contributed by atoms with Crippen LogP contribution in [0.3, 0.4) is 0 Å². The summed E-state index contributed by atoms with van der Waals surface area (Å²) in [6.07, 6.45) is 11.5. The van der Waals surface area contributed by atoms with E-state index < -0.39 is 5.97 Å². The smallest absolute Gasteiger partial charge is 0.356 e. The van der Waals surface area contributed by atoms with Crippen LogP contribution < -0.4 is 0 Å². The molecular formula is C28H42N2O4. The van der Waals surface area contributed by atoms with Gasteiger partial charge in [-0.25, -0.2) is 9.78 Å². The number of hydrogen-bond donors (Lipinski definition) is 1. The molecule has 4 fully saturated rings. The highest BCUT2D eigenvalue weighted by Gasteiger charge is 2.61. The highest BCUT2D eigenvalue weighted by atomic mass is 16.5. The lowest BCUT2D eigenvalue weighted by atomic mass is 9.44. The first-order valence-electron chi connectivity index (χ1n) is 13.6. The predicted octanol–water partition coefficient (Wildman–Crippen LogP) is 4.96. The number of esters is 1. The maximum atomic E-state index is 13.7. The molecule has 1 aromatic heterocycles. The maximum absolute atomic E-state index is 13.7. The lowest BCUT2D eigenvalue weighted by Gasteiger charge is -2.60. The molecule has 0 aliphatic heterocycles. The Labute approximate surface area is 203 Å². The SMILES string of the molecule is CCOC(=O)c1c(C)ncn1CC(=O)[C@H]1CC[C@H]2[C@@H]3CC[C@@H]4C[C@H](O)CC[C@]4(C)[C@H]3CC[C@]12C. The molecule has 0 radical (unpaired) electrons. The van der Waals surface area contributed by atoms with Crippen molar-refractivity contribution in [2.75, 3.05) is 6.61 Å². The molecule has 1 heterocycles. The van der Waals surface area contributed by atoms with Crippen molar-refractivity contribution in [2.24, 2.45) is 40.4 Å². The van der Waals surface area contributed by atoms with Crippen LogP contribution in [0.1, 0.15) is 94.7 Å². The second-order valence-corrected chi connectivity index (χ2v) is 12.3. The number of carbonyl (C=O) groups is 2. The number of rotatable bonds is 5. The second-order valence-electron chi connectivity index (χ2n) is 12.3.